The summed E-state index contributed by atoms with van der Waals surface area (Å²) in [7, 11) is 3.23. The van der Waals surface area contributed by atoms with Gasteiger partial charge in [-0.1, -0.05) is 18.2 Å². The van der Waals surface area contributed by atoms with Gasteiger partial charge in [-0.05, 0) is 48.5 Å². The number of aromatic amines is 1. The lowest BCUT2D eigenvalue weighted by molar-refractivity contribution is 0.397. The number of nitrogens with one attached hydrogen (secondary N) is 2. The van der Waals surface area contributed by atoms with Crippen LogP contribution < -0.4 is 20.5 Å². The smallest absolute Gasteiger partial charge is 0.326 e. The lowest BCUT2D eigenvalue weighted by Crippen LogP contribution is -2.17. The quantitative estimate of drug-likeness (QED) is 0.531. The maximum Gasteiger partial charge on any atom is 0.326 e. The van der Waals surface area contributed by atoms with Crippen molar-refractivity contribution in [3.8, 4) is 11.5 Å². The van der Waals surface area contributed by atoms with Gasteiger partial charge in [-0.15, -0.1) is 0 Å². The number of fused-ring (bicyclic) bond motifs is 1. The van der Waals surface area contributed by atoms with Gasteiger partial charge in [0.1, 0.15) is 11.5 Å². The zero-order valence-corrected chi connectivity index (χ0v) is 15.7. The van der Waals surface area contributed by atoms with Crippen LogP contribution in [-0.2, 0) is 6.54 Å². The monoisotopic (exact) mass is 375 g/mol. The van der Waals surface area contributed by atoms with E-state index in [4.69, 9.17) is 9.47 Å². The zero-order valence-electron chi connectivity index (χ0n) is 15.7. The van der Waals surface area contributed by atoms with Crippen molar-refractivity contribution in [2.24, 2.45) is 0 Å². The molecule has 0 fully saturated rings. The number of hydrogen-bond acceptors (Lipinski definition) is 4. The highest BCUT2D eigenvalue weighted by molar-refractivity contribution is 5.81. The van der Waals surface area contributed by atoms with Gasteiger partial charge in [-0.25, -0.2) is 4.79 Å². The number of benzene rings is 3. The van der Waals surface area contributed by atoms with Gasteiger partial charge < -0.3 is 19.8 Å². The molecule has 0 radical (unpaired) electrons. The van der Waals surface area contributed by atoms with Crippen molar-refractivity contribution < 1.29 is 9.47 Å². The molecule has 0 unspecified atom stereocenters. The van der Waals surface area contributed by atoms with E-state index in [-0.39, 0.29) is 5.69 Å². The van der Waals surface area contributed by atoms with E-state index in [0.29, 0.717) is 12.3 Å². The summed E-state index contributed by atoms with van der Waals surface area (Å²) < 4.78 is 12.4. The molecule has 0 spiro atoms. The number of ether oxygens (including phenoxy) is 2. The Kier molecular flexibility index (Phi) is 4.76. The van der Waals surface area contributed by atoms with Crippen molar-refractivity contribution in [2.75, 3.05) is 19.5 Å². The van der Waals surface area contributed by atoms with Crippen molar-refractivity contribution in [1.82, 2.24) is 9.55 Å². The molecule has 4 aromatic rings. The largest absolute Gasteiger partial charge is 0.497 e. The third-order valence-electron chi connectivity index (χ3n) is 4.65. The first-order valence-corrected chi connectivity index (χ1v) is 8.93. The molecule has 6 nitrogen and oxygen atoms in total. The molecule has 1 heterocycles. The summed E-state index contributed by atoms with van der Waals surface area (Å²) >= 11 is 0. The summed E-state index contributed by atoms with van der Waals surface area (Å²) in [5.41, 5.74) is 4.20. The van der Waals surface area contributed by atoms with Crippen LogP contribution in [0.5, 0.6) is 11.5 Å². The Labute approximate surface area is 162 Å². The Morgan fingerprint density at radius 3 is 2.50 bits per heavy atom. The predicted molar refractivity (Wildman–Crippen MR) is 111 cm³/mol. The first-order chi connectivity index (χ1) is 13.7. The van der Waals surface area contributed by atoms with Crippen molar-refractivity contribution in [3.63, 3.8) is 0 Å². The maximum absolute atomic E-state index is 12.6. The van der Waals surface area contributed by atoms with Crippen LogP contribution in [0.15, 0.2) is 71.5 Å². The molecule has 0 bridgehead atoms. The van der Waals surface area contributed by atoms with Gasteiger partial charge in [-0.3, -0.25) is 4.57 Å². The highest BCUT2D eigenvalue weighted by Crippen LogP contribution is 2.26. The number of anilines is 2. The minimum absolute atomic E-state index is 0.170. The molecule has 1 aromatic heterocycles. The lowest BCUT2D eigenvalue weighted by Gasteiger charge is -2.11. The molecule has 0 saturated heterocycles. The fourth-order valence-electron chi connectivity index (χ4n) is 3.26. The third kappa shape index (κ3) is 3.44. The molecule has 0 saturated carbocycles. The molecule has 0 aliphatic carbocycles. The third-order valence-corrected chi connectivity index (χ3v) is 4.65. The Balaban J connectivity index is 1.69. The molecule has 4 rings (SSSR count). The molecule has 0 atom stereocenters. The number of aromatic nitrogens is 2. The van der Waals surface area contributed by atoms with Crippen LogP contribution in [0.4, 0.5) is 11.4 Å². The molecular weight excluding hydrogens is 354 g/mol. The topological polar surface area (TPSA) is 68.3 Å². The van der Waals surface area contributed by atoms with E-state index in [2.05, 4.69) is 10.3 Å². The summed E-state index contributed by atoms with van der Waals surface area (Å²) in [6.45, 7) is 0.380. The molecule has 142 valence electrons. The van der Waals surface area contributed by atoms with Gasteiger partial charge in [0.25, 0.3) is 0 Å². The van der Waals surface area contributed by atoms with Crippen LogP contribution in [0.1, 0.15) is 5.56 Å². The fraction of sp³-hybridized carbons (Fsp3) is 0.136. The SMILES string of the molecule is COc1ccc(OC)c(Cn2c(=O)[nH]c3cc(Nc4ccccc4)ccc32)c1. The van der Waals surface area contributed by atoms with Gasteiger partial charge in [-0.2, -0.15) is 0 Å². The van der Waals surface area contributed by atoms with Crippen molar-refractivity contribution in [3.05, 3.63) is 82.8 Å². The molecule has 3 aromatic carbocycles. The van der Waals surface area contributed by atoms with Crippen molar-refractivity contribution in [1.29, 1.82) is 0 Å². The summed E-state index contributed by atoms with van der Waals surface area (Å²) in [6.07, 6.45) is 0. The first-order valence-electron chi connectivity index (χ1n) is 8.93. The molecule has 2 N–H and O–H groups in total. The van der Waals surface area contributed by atoms with E-state index < -0.39 is 0 Å². The van der Waals surface area contributed by atoms with Gasteiger partial charge in [0.2, 0.25) is 0 Å². The van der Waals surface area contributed by atoms with Crippen LogP contribution in [-0.4, -0.2) is 23.8 Å². The molecule has 28 heavy (non-hydrogen) atoms. The summed E-state index contributed by atoms with van der Waals surface area (Å²) in [4.78, 5) is 15.5. The van der Waals surface area contributed by atoms with Crippen LogP contribution in [0.2, 0.25) is 0 Å². The van der Waals surface area contributed by atoms with E-state index in [1.54, 1.807) is 18.8 Å². The van der Waals surface area contributed by atoms with Gasteiger partial charge in [0.05, 0.1) is 31.8 Å². The van der Waals surface area contributed by atoms with Crippen LogP contribution >= 0.6 is 0 Å². The van der Waals surface area contributed by atoms with E-state index in [0.717, 1.165) is 33.7 Å². The first kappa shape index (κ1) is 17.7. The zero-order chi connectivity index (χ0) is 19.5. The average molecular weight is 375 g/mol. The number of hydrogen-bond donors (Lipinski definition) is 2. The Hall–Kier alpha value is -3.67. The second-order valence-corrected chi connectivity index (χ2v) is 6.42. The van der Waals surface area contributed by atoms with Crippen LogP contribution in [0.3, 0.4) is 0 Å². The Morgan fingerprint density at radius 2 is 1.75 bits per heavy atom. The van der Waals surface area contributed by atoms with Crippen molar-refractivity contribution >= 4 is 22.4 Å². The molecule has 6 heteroatoms. The summed E-state index contributed by atoms with van der Waals surface area (Å²) in [6, 6.07) is 21.3. The van der Waals surface area contributed by atoms with E-state index in [1.807, 2.05) is 66.7 Å². The van der Waals surface area contributed by atoms with E-state index in [9.17, 15) is 4.79 Å². The maximum atomic E-state index is 12.6. The molecule has 0 aliphatic heterocycles. The average Bonchev–Trinajstić information content (AvgIpc) is 3.03. The normalized spacial score (nSPS) is 10.8. The van der Waals surface area contributed by atoms with Crippen LogP contribution in [0.25, 0.3) is 11.0 Å². The Morgan fingerprint density at radius 1 is 0.929 bits per heavy atom. The standard InChI is InChI=1S/C22H21N3O3/c1-27-18-9-11-21(28-2)15(12-18)14-25-20-10-8-17(13-19(20)24-22(25)26)23-16-6-4-3-5-7-16/h3-13,23H,14H2,1-2H3,(H,24,26). The van der Waals surface area contributed by atoms with Crippen molar-refractivity contribution in [2.45, 2.75) is 6.54 Å². The highest BCUT2D eigenvalue weighted by atomic mass is 16.5. The Bertz CT molecular complexity index is 1160. The lowest BCUT2D eigenvalue weighted by atomic mass is 10.1. The summed E-state index contributed by atoms with van der Waals surface area (Å²) in [5.74, 6) is 1.43. The highest BCUT2D eigenvalue weighted by Gasteiger charge is 2.12. The minimum Gasteiger partial charge on any atom is -0.497 e. The summed E-state index contributed by atoms with van der Waals surface area (Å²) in [5, 5.41) is 3.34. The molecule has 0 aliphatic rings. The van der Waals surface area contributed by atoms with Gasteiger partial charge >= 0.3 is 5.69 Å². The number of para-hydroxylation sites is 1. The fourth-order valence-corrected chi connectivity index (χ4v) is 3.26. The van der Waals surface area contributed by atoms with Gasteiger partial charge in [0.15, 0.2) is 0 Å². The predicted octanol–water partition coefficient (Wildman–Crippen LogP) is 4.14. The second kappa shape index (κ2) is 7.52. The second-order valence-electron chi connectivity index (χ2n) is 6.42. The minimum atomic E-state index is -0.170. The number of nitrogens with zero attached hydrogens (tertiary/aromatic N) is 1. The van der Waals surface area contributed by atoms with Gasteiger partial charge in [0, 0.05) is 16.9 Å². The molecular formula is C22H21N3O3. The number of methoxy groups -OCH3 is 2. The number of H-pyrrole nitrogens is 1. The van der Waals surface area contributed by atoms with E-state index in [1.165, 1.54) is 0 Å². The molecule has 0 amide bonds. The number of imidazole rings is 1. The van der Waals surface area contributed by atoms with Crippen LogP contribution in [0, 0.1) is 0 Å². The number of rotatable bonds is 6. The van der Waals surface area contributed by atoms with E-state index >= 15 is 0 Å².